The fourth-order valence-corrected chi connectivity index (χ4v) is 3.95. The lowest BCUT2D eigenvalue weighted by Crippen LogP contribution is -2.35. The van der Waals surface area contributed by atoms with Crippen LogP contribution in [0.2, 0.25) is 5.02 Å². The third-order valence-electron chi connectivity index (χ3n) is 5.52. The molecule has 0 spiro atoms. The molecule has 168 valence electrons. The van der Waals surface area contributed by atoms with E-state index in [-0.39, 0.29) is 17.4 Å². The summed E-state index contributed by atoms with van der Waals surface area (Å²) in [5.41, 5.74) is 3.74. The number of aryl methyl sites for hydroxylation is 1. The van der Waals surface area contributed by atoms with Gasteiger partial charge in [0.25, 0.3) is 5.91 Å². The van der Waals surface area contributed by atoms with Crippen molar-refractivity contribution in [2.45, 2.75) is 20.4 Å². The average Bonchev–Trinajstić information content (AvgIpc) is 3.23. The van der Waals surface area contributed by atoms with Gasteiger partial charge >= 0.3 is 0 Å². The van der Waals surface area contributed by atoms with Gasteiger partial charge in [0.15, 0.2) is 11.5 Å². The molecule has 1 saturated heterocycles. The molecule has 1 amide bonds. The maximum atomic E-state index is 12.7. The highest BCUT2D eigenvalue weighted by atomic mass is 35.5. The third kappa shape index (κ3) is 4.65. The highest BCUT2D eigenvalue weighted by molar-refractivity contribution is 6.31. The van der Waals surface area contributed by atoms with Crippen molar-refractivity contribution in [1.29, 1.82) is 0 Å². The largest absolute Gasteiger partial charge is 0.507 e. The number of hydrogen-bond acceptors (Lipinski definition) is 6. The van der Waals surface area contributed by atoms with E-state index in [1.807, 2.05) is 31.2 Å². The number of phenolic OH excluding ortho intramolecular Hbond substituents is 1. The van der Waals surface area contributed by atoms with Gasteiger partial charge in [0.1, 0.15) is 5.75 Å². The zero-order chi connectivity index (χ0) is 22.7. The van der Waals surface area contributed by atoms with Gasteiger partial charge in [0.05, 0.1) is 24.3 Å². The minimum Gasteiger partial charge on any atom is -0.507 e. The highest BCUT2D eigenvalue weighted by Crippen LogP contribution is 2.41. The second-order valence-electron chi connectivity index (χ2n) is 7.80. The smallest absolute Gasteiger partial charge is 0.274 e. The van der Waals surface area contributed by atoms with E-state index in [0.717, 1.165) is 49.5 Å². The second kappa shape index (κ2) is 9.73. The van der Waals surface area contributed by atoms with Gasteiger partial charge in [0, 0.05) is 31.2 Å². The molecule has 0 atom stereocenters. The van der Waals surface area contributed by atoms with Crippen LogP contribution in [0.3, 0.4) is 0 Å². The molecular weight excluding hydrogens is 430 g/mol. The van der Waals surface area contributed by atoms with Gasteiger partial charge < -0.3 is 19.7 Å². The Balaban J connectivity index is 1.73. The highest BCUT2D eigenvalue weighted by Gasteiger charge is 2.26. The Hall–Kier alpha value is -2.87. The molecule has 1 aromatic heterocycles. The fourth-order valence-electron chi connectivity index (χ4n) is 3.78. The molecule has 0 bridgehead atoms. The van der Waals surface area contributed by atoms with E-state index in [4.69, 9.17) is 20.9 Å². The minimum atomic E-state index is -0.340. The summed E-state index contributed by atoms with van der Waals surface area (Å²) >= 11 is 6.30. The fraction of sp³-hybridized carbons (Fsp3) is 0.333. The van der Waals surface area contributed by atoms with E-state index in [9.17, 15) is 9.90 Å². The Morgan fingerprint density at radius 2 is 1.94 bits per heavy atom. The molecule has 0 unspecified atom stereocenters. The number of hydrogen-bond donors (Lipinski definition) is 2. The summed E-state index contributed by atoms with van der Waals surface area (Å²) in [6.07, 6.45) is 0. The second-order valence-corrected chi connectivity index (χ2v) is 8.21. The molecule has 1 aliphatic rings. The zero-order valence-corrected chi connectivity index (χ0v) is 18.9. The van der Waals surface area contributed by atoms with Gasteiger partial charge in [-0.3, -0.25) is 9.69 Å². The molecule has 7 nitrogen and oxygen atoms in total. The number of aromatic nitrogens is 1. The van der Waals surface area contributed by atoms with Crippen LogP contribution in [-0.2, 0) is 11.3 Å². The van der Waals surface area contributed by atoms with Crippen LogP contribution in [0.4, 0.5) is 0 Å². The van der Waals surface area contributed by atoms with Crippen LogP contribution in [-0.4, -0.2) is 53.9 Å². The van der Waals surface area contributed by atoms with Crippen molar-refractivity contribution >= 4 is 17.5 Å². The number of phenols is 1. The Bertz CT molecular complexity index is 1110. The summed E-state index contributed by atoms with van der Waals surface area (Å²) in [6, 6.07) is 11.2. The number of morpholine rings is 1. The van der Waals surface area contributed by atoms with Crippen LogP contribution in [0.15, 0.2) is 40.9 Å². The molecule has 0 saturated carbocycles. The molecule has 3 aromatic rings. The summed E-state index contributed by atoms with van der Waals surface area (Å²) in [5.74, 6) is -0.0325. The number of nitrogens with zero attached hydrogens (tertiary/aromatic N) is 2. The van der Waals surface area contributed by atoms with Crippen LogP contribution < -0.4 is 5.32 Å². The number of halogens is 1. The van der Waals surface area contributed by atoms with E-state index < -0.39 is 0 Å². The number of ether oxygens (including phenoxy) is 1. The van der Waals surface area contributed by atoms with Gasteiger partial charge in [-0.15, -0.1) is 0 Å². The number of aromatic hydroxyl groups is 1. The lowest BCUT2D eigenvalue weighted by Gasteiger charge is -2.26. The van der Waals surface area contributed by atoms with Crippen molar-refractivity contribution in [2.24, 2.45) is 0 Å². The van der Waals surface area contributed by atoms with Crippen molar-refractivity contribution in [3.8, 4) is 28.2 Å². The van der Waals surface area contributed by atoms with Crippen molar-refractivity contribution in [1.82, 2.24) is 15.4 Å². The number of carbonyl (C=O) groups is 1. The Morgan fingerprint density at radius 3 is 2.62 bits per heavy atom. The first-order valence-electron chi connectivity index (χ1n) is 10.6. The van der Waals surface area contributed by atoms with Crippen molar-refractivity contribution in [2.75, 3.05) is 32.8 Å². The first kappa shape index (κ1) is 22.3. The molecule has 2 aromatic carbocycles. The quantitative estimate of drug-likeness (QED) is 0.577. The molecule has 2 heterocycles. The molecule has 2 N–H and O–H groups in total. The van der Waals surface area contributed by atoms with E-state index in [1.165, 1.54) is 0 Å². The van der Waals surface area contributed by atoms with Gasteiger partial charge in [-0.25, -0.2) is 0 Å². The number of amides is 1. The van der Waals surface area contributed by atoms with Crippen molar-refractivity contribution in [3.05, 3.63) is 58.2 Å². The SMILES string of the molecule is CCNC(=O)c1noc(-c2cc(Cl)c(C)cc2O)c1-c1ccc(CN2CCOCC2)cc1. The molecule has 0 radical (unpaired) electrons. The predicted octanol–water partition coefficient (Wildman–Crippen LogP) is 4.26. The van der Waals surface area contributed by atoms with E-state index >= 15 is 0 Å². The zero-order valence-electron chi connectivity index (χ0n) is 18.2. The number of rotatable bonds is 6. The topological polar surface area (TPSA) is 87.8 Å². The molecule has 32 heavy (non-hydrogen) atoms. The van der Waals surface area contributed by atoms with Crippen LogP contribution in [0.5, 0.6) is 5.75 Å². The molecule has 1 aliphatic heterocycles. The number of carbonyl (C=O) groups excluding carboxylic acids is 1. The summed E-state index contributed by atoms with van der Waals surface area (Å²) in [5, 5.41) is 17.8. The van der Waals surface area contributed by atoms with Crippen LogP contribution >= 0.6 is 11.6 Å². The molecule has 0 aliphatic carbocycles. The maximum absolute atomic E-state index is 12.7. The average molecular weight is 456 g/mol. The molecule has 8 heteroatoms. The van der Waals surface area contributed by atoms with Crippen molar-refractivity contribution in [3.63, 3.8) is 0 Å². The van der Waals surface area contributed by atoms with Gasteiger partial charge in [-0.05, 0) is 42.7 Å². The van der Waals surface area contributed by atoms with E-state index in [0.29, 0.717) is 28.5 Å². The number of nitrogens with one attached hydrogen (secondary N) is 1. The van der Waals surface area contributed by atoms with Crippen LogP contribution in [0.1, 0.15) is 28.5 Å². The monoisotopic (exact) mass is 455 g/mol. The van der Waals surface area contributed by atoms with Gasteiger partial charge in [0.2, 0.25) is 0 Å². The summed E-state index contributed by atoms with van der Waals surface area (Å²) in [6.45, 7) is 8.25. The van der Waals surface area contributed by atoms with Gasteiger partial charge in [-0.2, -0.15) is 0 Å². The predicted molar refractivity (Wildman–Crippen MR) is 123 cm³/mol. The molecule has 4 rings (SSSR count). The Labute approximate surface area is 191 Å². The normalized spacial score (nSPS) is 14.5. The first-order valence-corrected chi connectivity index (χ1v) is 11.0. The minimum absolute atomic E-state index is 0.00990. The Morgan fingerprint density at radius 1 is 1.22 bits per heavy atom. The summed E-state index contributed by atoms with van der Waals surface area (Å²) in [7, 11) is 0. The van der Waals surface area contributed by atoms with Crippen molar-refractivity contribution < 1.29 is 19.2 Å². The first-order chi connectivity index (χ1) is 15.5. The molecule has 1 fully saturated rings. The van der Waals surface area contributed by atoms with Gasteiger partial charge in [-0.1, -0.05) is 41.0 Å². The van der Waals surface area contributed by atoms with E-state index in [2.05, 4.69) is 15.4 Å². The third-order valence-corrected chi connectivity index (χ3v) is 5.93. The molecular formula is C24H26ClN3O4. The van der Waals surface area contributed by atoms with Crippen LogP contribution in [0.25, 0.3) is 22.5 Å². The van der Waals surface area contributed by atoms with E-state index in [1.54, 1.807) is 19.1 Å². The lowest BCUT2D eigenvalue weighted by molar-refractivity contribution is 0.0342. The standard InChI is InChI=1S/C24H26ClN3O4/c1-3-26-24(30)22-21(23(32-27-22)18-13-19(25)15(2)12-20(18)29)17-6-4-16(5-7-17)14-28-8-10-31-11-9-28/h4-7,12-13,29H,3,8-11,14H2,1-2H3,(H,26,30). The summed E-state index contributed by atoms with van der Waals surface area (Å²) in [4.78, 5) is 15.0. The van der Waals surface area contributed by atoms with Crippen LogP contribution in [0, 0.1) is 6.92 Å². The maximum Gasteiger partial charge on any atom is 0.274 e. The Kier molecular flexibility index (Phi) is 6.79. The lowest BCUT2D eigenvalue weighted by atomic mass is 9.97. The number of benzene rings is 2. The summed E-state index contributed by atoms with van der Waals surface area (Å²) < 4.78 is 11.0.